The van der Waals surface area contributed by atoms with Crippen LogP contribution in [0, 0.1) is 5.82 Å². The summed E-state index contributed by atoms with van der Waals surface area (Å²) < 4.78 is 15.3. The van der Waals surface area contributed by atoms with Crippen LogP contribution >= 0.6 is 0 Å². The molecule has 0 atom stereocenters. The number of hydrogen-bond donors (Lipinski definition) is 0. The summed E-state index contributed by atoms with van der Waals surface area (Å²) in [6.45, 7) is 5.21. The molecule has 0 aliphatic rings. The highest BCUT2D eigenvalue weighted by Crippen LogP contribution is 2.26. The highest BCUT2D eigenvalue weighted by atomic mass is 19.1. The fourth-order valence-corrected chi connectivity index (χ4v) is 1.79. The molecule has 0 aliphatic heterocycles. The minimum Gasteiger partial charge on any atom is -0.335 e. The number of nitrogens with zero attached hydrogens (tertiary/aromatic N) is 1. The third kappa shape index (κ3) is 1.43. The largest absolute Gasteiger partial charge is 0.335 e. The summed E-state index contributed by atoms with van der Waals surface area (Å²) >= 11 is 0. The summed E-state index contributed by atoms with van der Waals surface area (Å²) in [6.07, 6.45) is 1.76. The Labute approximate surface area is 93.7 Å². The summed E-state index contributed by atoms with van der Waals surface area (Å²) in [5.74, 6) is -0.204. The number of ketones is 1. The van der Waals surface area contributed by atoms with Gasteiger partial charge in [-0.1, -0.05) is 6.07 Å². The van der Waals surface area contributed by atoms with E-state index in [-0.39, 0.29) is 11.6 Å². The van der Waals surface area contributed by atoms with Gasteiger partial charge in [-0.05, 0) is 39.0 Å². The fourth-order valence-electron chi connectivity index (χ4n) is 1.79. The lowest BCUT2D eigenvalue weighted by molar-refractivity contribution is -0.123. The maximum absolute atomic E-state index is 13.5. The van der Waals surface area contributed by atoms with Gasteiger partial charge in [-0.2, -0.15) is 0 Å². The Morgan fingerprint density at radius 2 is 2.00 bits per heavy atom. The Hall–Kier alpha value is -1.64. The van der Waals surface area contributed by atoms with Crippen molar-refractivity contribution in [3.8, 4) is 0 Å². The van der Waals surface area contributed by atoms with E-state index in [1.165, 1.54) is 6.07 Å². The predicted octanol–water partition coefficient (Wildman–Crippen LogP) is 3.10. The van der Waals surface area contributed by atoms with E-state index in [0.29, 0.717) is 5.39 Å². The Bertz CT molecular complexity index is 554. The number of rotatable bonds is 2. The first-order valence-electron chi connectivity index (χ1n) is 5.21. The van der Waals surface area contributed by atoms with Crippen molar-refractivity contribution >= 4 is 16.7 Å². The molecule has 1 heterocycles. The van der Waals surface area contributed by atoms with Gasteiger partial charge < -0.3 is 4.57 Å². The minimum absolute atomic E-state index is 0.0502. The summed E-state index contributed by atoms with van der Waals surface area (Å²) in [5.41, 5.74) is 0.107. The van der Waals surface area contributed by atoms with Crippen molar-refractivity contribution in [1.82, 2.24) is 4.57 Å². The molecule has 0 N–H and O–H groups in total. The SMILES string of the molecule is CC(=O)C(C)(C)n1ccc2c(F)cccc21. The Kier molecular flexibility index (Phi) is 2.34. The molecule has 0 fully saturated rings. The number of hydrogen-bond acceptors (Lipinski definition) is 1. The second kappa shape index (κ2) is 3.44. The van der Waals surface area contributed by atoms with E-state index in [1.54, 1.807) is 25.3 Å². The Morgan fingerprint density at radius 3 is 2.62 bits per heavy atom. The molecule has 84 valence electrons. The first-order valence-corrected chi connectivity index (χ1v) is 5.21. The molecule has 0 spiro atoms. The van der Waals surface area contributed by atoms with Crippen LogP contribution in [0.25, 0.3) is 10.9 Å². The lowest BCUT2D eigenvalue weighted by atomic mass is 10.00. The summed E-state index contributed by atoms with van der Waals surface area (Å²) in [4.78, 5) is 11.6. The molecule has 2 aromatic rings. The zero-order chi connectivity index (χ0) is 11.9. The van der Waals surface area contributed by atoms with Crippen molar-refractivity contribution in [2.45, 2.75) is 26.3 Å². The number of carbonyl (C=O) groups excluding carboxylic acids is 1. The standard InChI is InChI=1S/C13H14FNO/c1-9(16)13(2,3)15-8-7-10-11(14)5-4-6-12(10)15/h4-8H,1-3H3. The number of aromatic nitrogens is 1. The number of benzene rings is 1. The maximum Gasteiger partial charge on any atom is 0.155 e. The highest BCUT2D eigenvalue weighted by Gasteiger charge is 2.26. The van der Waals surface area contributed by atoms with Gasteiger partial charge in [-0.3, -0.25) is 4.79 Å². The Morgan fingerprint density at radius 1 is 1.31 bits per heavy atom. The van der Waals surface area contributed by atoms with Gasteiger partial charge in [0, 0.05) is 11.6 Å². The van der Waals surface area contributed by atoms with Crippen LogP contribution in [0.4, 0.5) is 4.39 Å². The molecule has 3 heteroatoms. The van der Waals surface area contributed by atoms with E-state index in [0.717, 1.165) is 5.52 Å². The van der Waals surface area contributed by atoms with Crippen molar-refractivity contribution < 1.29 is 9.18 Å². The van der Waals surface area contributed by atoms with Gasteiger partial charge in [-0.25, -0.2) is 4.39 Å². The van der Waals surface area contributed by atoms with Gasteiger partial charge in [0.05, 0.1) is 11.1 Å². The maximum atomic E-state index is 13.5. The molecular formula is C13H14FNO. The molecule has 0 radical (unpaired) electrons. The molecule has 0 saturated heterocycles. The summed E-state index contributed by atoms with van der Waals surface area (Å²) in [5, 5.41) is 0.553. The molecule has 0 unspecified atom stereocenters. The van der Waals surface area contributed by atoms with Gasteiger partial charge in [0.15, 0.2) is 5.78 Å². The van der Waals surface area contributed by atoms with E-state index < -0.39 is 5.54 Å². The Balaban J connectivity index is 2.72. The highest BCUT2D eigenvalue weighted by molar-refractivity contribution is 5.88. The summed E-state index contributed by atoms with van der Waals surface area (Å²) in [6, 6.07) is 6.61. The van der Waals surface area contributed by atoms with E-state index in [2.05, 4.69) is 0 Å². The number of Topliss-reactive ketones (excluding diaryl/α,β-unsaturated/α-hetero) is 1. The molecule has 1 aromatic carbocycles. The fraction of sp³-hybridized carbons (Fsp3) is 0.308. The van der Waals surface area contributed by atoms with Crippen LogP contribution < -0.4 is 0 Å². The van der Waals surface area contributed by atoms with Crippen LogP contribution in [-0.2, 0) is 10.3 Å². The van der Waals surface area contributed by atoms with Crippen molar-refractivity contribution in [3.63, 3.8) is 0 Å². The molecule has 2 nitrogen and oxygen atoms in total. The lowest BCUT2D eigenvalue weighted by Crippen LogP contribution is -2.33. The minimum atomic E-state index is -0.643. The normalized spacial score (nSPS) is 12.0. The van der Waals surface area contributed by atoms with Crippen LogP contribution in [-0.4, -0.2) is 10.4 Å². The van der Waals surface area contributed by atoms with Crippen LogP contribution in [0.3, 0.4) is 0 Å². The van der Waals surface area contributed by atoms with E-state index in [9.17, 15) is 9.18 Å². The van der Waals surface area contributed by atoms with Crippen LogP contribution in [0.15, 0.2) is 30.5 Å². The zero-order valence-electron chi connectivity index (χ0n) is 9.62. The molecular weight excluding hydrogens is 205 g/mol. The van der Waals surface area contributed by atoms with Crippen LogP contribution in [0.2, 0.25) is 0 Å². The smallest absolute Gasteiger partial charge is 0.155 e. The predicted molar refractivity (Wildman–Crippen MR) is 61.9 cm³/mol. The van der Waals surface area contributed by atoms with Gasteiger partial charge in [0.25, 0.3) is 0 Å². The summed E-state index contributed by atoms with van der Waals surface area (Å²) in [7, 11) is 0. The number of fused-ring (bicyclic) bond motifs is 1. The van der Waals surface area contributed by atoms with E-state index >= 15 is 0 Å². The van der Waals surface area contributed by atoms with Crippen molar-refractivity contribution in [3.05, 3.63) is 36.3 Å². The van der Waals surface area contributed by atoms with Crippen molar-refractivity contribution in [2.75, 3.05) is 0 Å². The van der Waals surface area contributed by atoms with Gasteiger partial charge in [-0.15, -0.1) is 0 Å². The number of carbonyl (C=O) groups is 1. The zero-order valence-corrected chi connectivity index (χ0v) is 9.62. The van der Waals surface area contributed by atoms with Gasteiger partial charge in [0.1, 0.15) is 5.82 Å². The first kappa shape index (κ1) is 10.9. The molecule has 0 amide bonds. The monoisotopic (exact) mass is 219 g/mol. The van der Waals surface area contributed by atoms with Gasteiger partial charge in [0.2, 0.25) is 0 Å². The van der Waals surface area contributed by atoms with Crippen LogP contribution in [0.1, 0.15) is 20.8 Å². The molecule has 0 bridgehead atoms. The van der Waals surface area contributed by atoms with Crippen molar-refractivity contribution in [1.29, 1.82) is 0 Å². The average Bonchev–Trinajstić information content (AvgIpc) is 2.63. The quantitative estimate of drug-likeness (QED) is 0.760. The third-order valence-corrected chi connectivity index (χ3v) is 3.14. The van der Waals surface area contributed by atoms with E-state index in [4.69, 9.17) is 0 Å². The first-order chi connectivity index (χ1) is 7.44. The van der Waals surface area contributed by atoms with Crippen molar-refractivity contribution in [2.24, 2.45) is 0 Å². The van der Waals surface area contributed by atoms with Crippen LogP contribution in [0.5, 0.6) is 0 Å². The second-order valence-corrected chi connectivity index (χ2v) is 4.47. The lowest BCUT2D eigenvalue weighted by Gasteiger charge is -2.24. The molecule has 1 aromatic heterocycles. The third-order valence-electron chi connectivity index (χ3n) is 3.14. The topological polar surface area (TPSA) is 22.0 Å². The number of halogens is 1. The van der Waals surface area contributed by atoms with Gasteiger partial charge >= 0.3 is 0 Å². The second-order valence-electron chi connectivity index (χ2n) is 4.47. The molecule has 0 aliphatic carbocycles. The molecule has 16 heavy (non-hydrogen) atoms. The van der Waals surface area contributed by atoms with E-state index in [1.807, 2.05) is 24.5 Å². The molecule has 2 rings (SSSR count). The molecule has 0 saturated carbocycles. The average molecular weight is 219 g/mol.